The van der Waals surface area contributed by atoms with E-state index in [0.29, 0.717) is 5.92 Å². The van der Waals surface area contributed by atoms with E-state index in [-0.39, 0.29) is 5.56 Å². The van der Waals surface area contributed by atoms with Gasteiger partial charge in [0.15, 0.2) is 0 Å². The van der Waals surface area contributed by atoms with Crippen molar-refractivity contribution in [3.05, 3.63) is 33.2 Å². The molecule has 0 atom stereocenters. The standard InChI is InChI=1S/C13H20N2O/c1-9(2)6-10-7-11-8-15(3)5-4-12(11)14-13(10)16/h7,9H,4-6,8H2,1-3H3,(H,14,16). The van der Waals surface area contributed by atoms with E-state index in [1.54, 1.807) is 0 Å². The molecule has 3 nitrogen and oxygen atoms in total. The van der Waals surface area contributed by atoms with Gasteiger partial charge >= 0.3 is 0 Å². The van der Waals surface area contributed by atoms with Gasteiger partial charge in [-0.15, -0.1) is 0 Å². The fourth-order valence-electron chi connectivity index (χ4n) is 2.29. The summed E-state index contributed by atoms with van der Waals surface area (Å²) < 4.78 is 0. The Morgan fingerprint density at radius 3 is 2.94 bits per heavy atom. The Morgan fingerprint density at radius 2 is 2.25 bits per heavy atom. The van der Waals surface area contributed by atoms with Crippen molar-refractivity contribution in [2.24, 2.45) is 5.92 Å². The fourth-order valence-corrected chi connectivity index (χ4v) is 2.29. The van der Waals surface area contributed by atoms with Crippen LogP contribution < -0.4 is 5.56 Å². The first-order chi connectivity index (χ1) is 7.56. The molecule has 3 heteroatoms. The van der Waals surface area contributed by atoms with E-state index in [4.69, 9.17) is 0 Å². The molecule has 0 radical (unpaired) electrons. The normalized spacial score (nSPS) is 16.5. The zero-order valence-electron chi connectivity index (χ0n) is 10.3. The number of hydrogen-bond acceptors (Lipinski definition) is 2. The molecular weight excluding hydrogens is 200 g/mol. The molecule has 2 heterocycles. The highest BCUT2D eigenvalue weighted by atomic mass is 16.1. The molecule has 1 aromatic rings. The van der Waals surface area contributed by atoms with Crippen LogP contribution in [0.25, 0.3) is 0 Å². The Kier molecular flexibility index (Phi) is 3.15. The minimum absolute atomic E-state index is 0.108. The number of nitrogens with zero attached hydrogens (tertiary/aromatic N) is 1. The van der Waals surface area contributed by atoms with Crippen LogP contribution in [0.2, 0.25) is 0 Å². The van der Waals surface area contributed by atoms with Crippen LogP contribution in [0, 0.1) is 5.92 Å². The first kappa shape index (κ1) is 11.4. The van der Waals surface area contributed by atoms with Gasteiger partial charge < -0.3 is 9.88 Å². The first-order valence-corrected chi connectivity index (χ1v) is 5.98. The van der Waals surface area contributed by atoms with E-state index in [2.05, 4.69) is 36.8 Å². The number of likely N-dealkylation sites (N-methyl/N-ethyl adjacent to an activating group) is 1. The second kappa shape index (κ2) is 4.42. The zero-order chi connectivity index (χ0) is 11.7. The molecule has 0 spiro atoms. The van der Waals surface area contributed by atoms with E-state index in [9.17, 15) is 4.79 Å². The highest BCUT2D eigenvalue weighted by molar-refractivity contribution is 5.27. The van der Waals surface area contributed by atoms with E-state index < -0.39 is 0 Å². The van der Waals surface area contributed by atoms with Crippen molar-refractivity contribution in [1.29, 1.82) is 0 Å². The minimum Gasteiger partial charge on any atom is -0.326 e. The van der Waals surface area contributed by atoms with Gasteiger partial charge in [-0.25, -0.2) is 0 Å². The lowest BCUT2D eigenvalue weighted by Gasteiger charge is -2.25. The molecule has 1 aliphatic heterocycles. The molecule has 0 bridgehead atoms. The molecule has 1 N–H and O–H groups in total. The lowest BCUT2D eigenvalue weighted by Crippen LogP contribution is -2.30. The minimum atomic E-state index is 0.108. The van der Waals surface area contributed by atoms with Crippen LogP contribution in [-0.2, 0) is 19.4 Å². The van der Waals surface area contributed by atoms with Crippen molar-refractivity contribution in [2.75, 3.05) is 13.6 Å². The monoisotopic (exact) mass is 220 g/mol. The molecule has 16 heavy (non-hydrogen) atoms. The SMILES string of the molecule is CC(C)Cc1cc2c([nH]c1=O)CCN(C)C2. The number of fused-ring (bicyclic) bond motifs is 1. The van der Waals surface area contributed by atoms with E-state index >= 15 is 0 Å². The van der Waals surface area contributed by atoms with Crippen LogP contribution in [0.1, 0.15) is 30.7 Å². The fraction of sp³-hybridized carbons (Fsp3) is 0.615. The van der Waals surface area contributed by atoms with Crippen LogP contribution in [0.15, 0.2) is 10.9 Å². The second-order valence-electron chi connectivity index (χ2n) is 5.21. The van der Waals surface area contributed by atoms with Crippen LogP contribution in [-0.4, -0.2) is 23.5 Å². The van der Waals surface area contributed by atoms with Crippen molar-refractivity contribution in [2.45, 2.75) is 33.2 Å². The first-order valence-electron chi connectivity index (χ1n) is 5.98. The molecule has 0 saturated heterocycles. The maximum Gasteiger partial charge on any atom is 0.251 e. The third kappa shape index (κ3) is 2.35. The Hall–Kier alpha value is -1.09. The van der Waals surface area contributed by atoms with Gasteiger partial charge in [0.05, 0.1) is 0 Å². The van der Waals surface area contributed by atoms with Gasteiger partial charge in [-0.3, -0.25) is 4.79 Å². The number of hydrogen-bond donors (Lipinski definition) is 1. The molecule has 0 aliphatic carbocycles. The number of rotatable bonds is 2. The Balaban J connectivity index is 2.35. The van der Waals surface area contributed by atoms with Crippen molar-refractivity contribution in [1.82, 2.24) is 9.88 Å². The van der Waals surface area contributed by atoms with Gasteiger partial charge in [0.1, 0.15) is 0 Å². The largest absolute Gasteiger partial charge is 0.326 e. The molecule has 0 saturated carbocycles. The lowest BCUT2D eigenvalue weighted by atomic mass is 9.99. The average Bonchev–Trinajstić information content (AvgIpc) is 2.19. The summed E-state index contributed by atoms with van der Waals surface area (Å²) in [7, 11) is 2.12. The van der Waals surface area contributed by atoms with E-state index in [1.807, 2.05) is 0 Å². The number of aromatic nitrogens is 1. The zero-order valence-corrected chi connectivity index (χ0v) is 10.3. The average molecular weight is 220 g/mol. The summed E-state index contributed by atoms with van der Waals surface area (Å²) in [6, 6.07) is 2.10. The number of pyridine rings is 1. The summed E-state index contributed by atoms with van der Waals surface area (Å²) in [5, 5.41) is 0. The van der Waals surface area contributed by atoms with Crippen molar-refractivity contribution >= 4 is 0 Å². The van der Waals surface area contributed by atoms with Crippen molar-refractivity contribution < 1.29 is 0 Å². The van der Waals surface area contributed by atoms with Gasteiger partial charge in [-0.1, -0.05) is 13.8 Å². The molecule has 0 aromatic carbocycles. The second-order valence-corrected chi connectivity index (χ2v) is 5.21. The van der Waals surface area contributed by atoms with Gasteiger partial charge in [0.2, 0.25) is 0 Å². The van der Waals surface area contributed by atoms with Gasteiger partial charge in [0.25, 0.3) is 5.56 Å². The summed E-state index contributed by atoms with van der Waals surface area (Å²) in [5.74, 6) is 0.528. The van der Waals surface area contributed by atoms with Crippen LogP contribution in [0.5, 0.6) is 0 Å². The third-order valence-electron chi connectivity index (χ3n) is 3.10. The molecule has 0 fully saturated rings. The van der Waals surface area contributed by atoms with E-state index in [1.165, 1.54) is 5.56 Å². The molecule has 0 unspecified atom stereocenters. The van der Waals surface area contributed by atoms with Crippen LogP contribution in [0.4, 0.5) is 0 Å². The topological polar surface area (TPSA) is 36.1 Å². The molecule has 1 aliphatic rings. The molecule has 0 amide bonds. The van der Waals surface area contributed by atoms with Gasteiger partial charge in [-0.2, -0.15) is 0 Å². The van der Waals surface area contributed by atoms with Crippen LogP contribution >= 0.6 is 0 Å². The van der Waals surface area contributed by atoms with Gasteiger partial charge in [-0.05, 0) is 31.0 Å². The lowest BCUT2D eigenvalue weighted by molar-refractivity contribution is 0.309. The number of nitrogens with one attached hydrogen (secondary N) is 1. The van der Waals surface area contributed by atoms with Crippen LogP contribution in [0.3, 0.4) is 0 Å². The highest BCUT2D eigenvalue weighted by Gasteiger charge is 2.15. The predicted octanol–water partition coefficient (Wildman–Crippen LogP) is 1.56. The van der Waals surface area contributed by atoms with Gasteiger partial charge in [0, 0.05) is 30.8 Å². The summed E-state index contributed by atoms with van der Waals surface area (Å²) in [5.41, 5.74) is 3.47. The smallest absolute Gasteiger partial charge is 0.251 e. The quantitative estimate of drug-likeness (QED) is 0.821. The maximum atomic E-state index is 11.8. The molecule has 88 valence electrons. The summed E-state index contributed by atoms with van der Waals surface area (Å²) in [4.78, 5) is 17.2. The Bertz CT molecular complexity index is 434. The number of H-pyrrole nitrogens is 1. The Morgan fingerprint density at radius 1 is 1.50 bits per heavy atom. The number of aromatic amines is 1. The Labute approximate surface area is 96.5 Å². The summed E-state index contributed by atoms with van der Waals surface area (Å²) in [6.07, 6.45) is 1.83. The van der Waals surface area contributed by atoms with E-state index in [0.717, 1.165) is 37.2 Å². The molecule has 1 aromatic heterocycles. The third-order valence-corrected chi connectivity index (χ3v) is 3.10. The van der Waals surface area contributed by atoms with Crippen molar-refractivity contribution in [3.63, 3.8) is 0 Å². The maximum absolute atomic E-state index is 11.8. The highest BCUT2D eigenvalue weighted by Crippen LogP contribution is 2.16. The predicted molar refractivity (Wildman–Crippen MR) is 65.6 cm³/mol. The summed E-state index contributed by atoms with van der Waals surface area (Å²) >= 11 is 0. The summed E-state index contributed by atoms with van der Waals surface area (Å²) in [6.45, 7) is 6.28. The van der Waals surface area contributed by atoms with Crippen molar-refractivity contribution in [3.8, 4) is 0 Å². The molecular formula is C13H20N2O. The molecule has 2 rings (SSSR count).